The molecule has 10 aliphatic rings. The number of piperidine rings is 5. The first-order valence-electron chi connectivity index (χ1n) is 30.5. The van der Waals surface area contributed by atoms with E-state index in [1.54, 1.807) is 4.90 Å². The summed E-state index contributed by atoms with van der Waals surface area (Å²) in [5.74, 6) is -0.564. The highest BCUT2D eigenvalue weighted by Gasteiger charge is 2.42. The van der Waals surface area contributed by atoms with E-state index in [4.69, 9.17) is 151 Å². The lowest BCUT2D eigenvalue weighted by Gasteiger charge is -2.33. The molecular formula is C65H65N15O5S10. The number of rotatable bonds is 5. The fourth-order valence-corrected chi connectivity index (χ4v) is 16.5. The number of fused-ring (bicyclic) bond motifs is 5. The summed E-state index contributed by atoms with van der Waals surface area (Å²) in [4.78, 5) is 75.8. The summed E-state index contributed by atoms with van der Waals surface area (Å²) < 4.78 is 0. The van der Waals surface area contributed by atoms with Crippen LogP contribution >= 0.6 is 122 Å². The van der Waals surface area contributed by atoms with E-state index in [2.05, 4.69) is 36.4 Å². The molecule has 490 valence electrons. The average molecular weight is 1460 g/mol. The van der Waals surface area contributed by atoms with Crippen molar-refractivity contribution in [3.8, 4) is 0 Å². The molecular weight excluding hydrogens is 1390 g/mol. The van der Waals surface area contributed by atoms with Crippen molar-refractivity contribution in [1.82, 2.24) is 51.1 Å². The predicted octanol–water partition coefficient (Wildman–Crippen LogP) is 7.10. The number of benzene rings is 5. The third-order valence-electron chi connectivity index (χ3n) is 18.1. The molecule has 5 saturated heterocycles. The van der Waals surface area contributed by atoms with Crippen LogP contribution in [0.3, 0.4) is 0 Å². The summed E-state index contributed by atoms with van der Waals surface area (Å²) in [6.07, 6.45) is 6.77. The highest BCUT2D eigenvalue weighted by atomic mass is 32.1. The van der Waals surface area contributed by atoms with Gasteiger partial charge in [-0.15, -0.1) is 0 Å². The Labute approximate surface area is 602 Å². The fourth-order valence-electron chi connectivity index (χ4n) is 13.0. The van der Waals surface area contributed by atoms with Gasteiger partial charge in [0, 0.05) is 149 Å². The number of hydrogen-bond acceptors (Lipinski definition) is 20. The van der Waals surface area contributed by atoms with E-state index < -0.39 is 0 Å². The number of carbonyl (C=O) groups is 5. The Morgan fingerprint density at radius 3 is 0.895 bits per heavy atom. The van der Waals surface area contributed by atoms with Crippen LogP contribution < -0.4 is 55.3 Å². The van der Waals surface area contributed by atoms with Crippen LogP contribution in [0, 0.1) is 0 Å². The van der Waals surface area contributed by atoms with E-state index in [9.17, 15) is 24.0 Å². The van der Waals surface area contributed by atoms with Gasteiger partial charge in [0.05, 0.1) is 33.1 Å². The van der Waals surface area contributed by atoms with Crippen molar-refractivity contribution in [2.75, 3.05) is 28.7 Å². The summed E-state index contributed by atoms with van der Waals surface area (Å²) in [7, 11) is 0. The van der Waals surface area contributed by atoms with Crippen LogP contribution in [0.15, 0.2) is 91.0 Å². The van der Waals surface area contributed by atoms with E-state index in [-0.39, 0.29) is 59.7 Å². The minimum Gasteiger partial charge on any atom is -0.398 e. The molecule has 0 spiro atoms. The number of anilines is 5. The zero-order valence-electron chi connectivity index (χ0n) is 50.9. The topological polar surface area (TPSA) is 292 Å². The Balaban J connectivity index is 0.000000121. The molecule has 5 aromatic rings. The molecule has 10 heterocycles. The lowest BCUT2D eigenvalue weighted by Crippen LogP contribution is -2.52. The van der Waals surface area contributed by atoms with Gasteiger partial charge < -0.3 is 74.4 Å². The minimum absolute atomic E-state index is 0.00395. The average Bonchev–Trinajstić information content (AvgIpc) is 1.67. The second kappa shape index (κ2) is 29.0. The van der Waals surface area contributed by atoms with Gasteiger partial charge in [0.25, 0.3) is 5.91 Å². The summed E-state index contributed by atoms with van der Waals surface area (Å²) >= 11 is 53.3. The van der Waals surface area contributed by atoms with Crippen molar-refractivity contribution in [3.63, 3.8) is 0 Å². The number of nitrogens with one attached hydrogen (secondary N) is 5. The van der Waals surface area contributed by atoms with Gasteiger partial charge in [0.1, 0.15) is 47.0 Å². The zero-order chi connectivity index (χ0) is 67.8. The van der Waals surface area contributed by atoms with E-state index in [1.807, 2.05) is 101 Å². The van der Waals surface area contributed by atoms with Crippen LogP contribution in [0.4, 0.5) is 28.4 Å². The highest BCUT2D eigenvalue weighted by Crippen LogP contribution is 2.37. The van der Waals surface area contributed by atoms with Gasteiger partial charge in [-0.1, -0.05) is 177 Å². The van der Waals surface area contributed by atoms with Crippen LogP contribution in [-0.4, -0.2) is 134 Å². The SMILES string of the molecule is Nc1cccc2c1CN(C1CCC(=O)NC1=O)C2=S.Nc1cccc2c1CN(C1CCC(=O)NC1=S)C2=S.Nc1cccc2c1CN(C1CCC(=S)NC1=O)C2=S.Nc1cccc2c1CN(C1CCC(=S)NC1=S)C2=O.Nc1cccc2c1CN(C1CCC(=S)NC1=S)C2=S. The number of hydrogen-bond donors (Lipinski definition) is 10. The largest absolute Gasteiger partial charge is 0.398 e. The molecule has 0 aliphatic carbocycles. The molecule has 5 fully saturated rings. The lowest BCUT2D eigenvalue weighted by molar-refractivity contribution is -0.136. The molecule has 5 atom stereocenters. The maximum Gasteiger partial charge on any atom is 0.255 e. The third kappa shape index (κ3) is 14.3. The Morgan fingerprint density at radius 1 is 0.305 bits per heavy atom. The second-order valence-corrected chi connectivity index (χ2v) is 28.2. The van der Waals surface area contributed by atoms with Crippen LogP contribution in [-0.2, 0) is 51.9 Å². The fraction of sp³-hybridized carbons (Fsp3) is 0.308. The van der Waals surface area contributed by atoms with Crippen LogP contribution in [0.25, 0.3) is 0 Å². The number of imide groups is 1. The molecule has 15 rings (SSSR count). The van der Waals surface area contributed by atoms with Crippen molar-refractivity contribution in [2.45, 2.75) is 127 Å². The van der Waals surface area contributed by atoms with E-state index in [0.29, 0.717) is 100 Å². The minimum atomic E-state index is -0.378. The van der Waals surface area contributed by atoms with Gasteiger partial charge in [0.15, 0.2) is 0 Å². The Bertz CT molecular complexity index is 3610. The van der Waals surface area contributed by atoms with Gasteiger partial charge in [0.2, 0.25) is 23.6 Å². The molecule has 20 nitrogen and oxygen atoms in total. The van der Waals surface area contributed by atoms with E-state index in [0.717, 1.165) is 131 Å². The highest BCUT2D eigenvalue weighted by molar-refractivity contribution is 7.83. The maximum atomic E-state index is 12.4. The smallest absolute Gasteiger partial charge is 0.255 e. The molecule has 5 unspecified atom stereocenters. The number of nitrogens with zero attached hydrogens (tertiary/aromatic N) is 5. The lowest BCUT2D eigenvalue weighted by atomic mass is 10.0. The maximum absolute atomic E-state index is 12.4. The molecule has 95 heavy (non-hydrogen) atoms. The summed E-state index contributed by atoms with van der Waals surface area (Å²) in [5, 5.41) is 13.9. The summed E-state index contributed by atoms with van der Waals surface area (Å²) in [6, 6.07) is 27.8. The van der Waals surface area contributed by atoms with Gasteiger partial charge in [-0.3, -0.25) is 29.3 Å². The first-order chi connectivity index (χ1) is 45.4. The van der Waals surface area contributed by atoms with Crippen LogP contribution in [0.2, 0.25) is 0 Å². The van der Waals surface area contributed by atoms with E-state index >= 15 is 0 Å². The number of nitrogen functional groups attached to an aromatic ring is 5. The van der Waals surface area contributed by atoms with E-state index in [1.165, 1.54) is 0 Å². The first kappa shape index (κ1) is 68.7. The molecule has 30 heteroatoms. The normalized spacial score (nSPS) is 22.4. The zero-order valence-corrected chi connectivity index (χ0v) is 59.1. The van der Waals surface area contributed by atoms with Gasteiger partial charge in [-0.2, -0.15) is 0 Å². The van der Waals surface area contributed by atoms with Crippen LogP contribution in [0.1, 0.15) is 125 Å². The van der Waals surface area contributed by atoms with Crippen molar-refractivity contribution in [1.29, 1.82) is 0 Å². The molecule has 0 saturated carbocycles. The Kier molecular flexibility index (Phi) is 21.0. The van der Waals surface area contributed by atoms with Gasteiger partial charge in [-0.25, -0.2) is 0 Å². The molecule has 15 N–H and O–H groups in total. The first-order valence-corrected chi connectivity index (χ1v) is 34.6. The standard InChI is InChI=1S/C13H13N3O2S.3C13H13N3OS2.C13H13N3S3/c14-9-3-1-2-7-8(9)6-16(13(7)19)10-4-5-11(17)15-12(10)18;14-9-3-1-2-7-8(9)6-16(13(7)17)10-4-5-11(18)15-12(10)19;14-9-3-1-2-7-8(9)6-16(13(7)19)10-4-5-11(18)15-12(10)17;2*14-9-3-1-2-7-8(9)6-16(13(7)19)10-4-5-11(17)15-12(10)18/h1-3,10H,4-6,14H2,(H,15,17,18);1-3,10H,4-6,14H2,(H,15,18,19);3*1-3,10H,4-6,14H2,(H,15,17,18). The second-order valence-electron chi connectivity index (χ2n) is 23.9. The molecule has 0 aromatic heterocycles. The van der Waals surface area contributed by atoms with Crippen molar-refractivity contribution in [2.24, 2.45) is 0 Å². The van der Waals surface area contributed by atoms with Gasteiger partial charge >= 0.3 is 0 Å². The van der Waals surface area contributed by atoms with Crippen molar-refractivity contribution < 1.29 is 24.0 Å². The summed E-state index contributed by atoms with van der Waals surface area (Å²) in [6.45, 7) is 3.07. The van der Waals surface area contributed by atoms with Gasteiger partial charge in [-0.05, 0) is 68.5 Å². The number of carbonyl (C=O) groups excluding carboxylic acids is 5. The molecule has 5 aromatic carbocycles. The third-order valence-corrected chi connectivity index (χ3v) is 22.0. The summed E-state index contributed by atoms with van der Waals surface area (Å²) in [5.41, 5.74) is 43.2. The quantitative estimate of drug-likeness (QED) is 0.0477. The molecule has 0 bridgehead atoms. The number of nitrogens with two attached hydrogens (primary N) is 5. The Hall–Kier alpha value is -7.65. The molecule has 5 amide bonds. The molecule has 10 aliphatic heterocycles. The van der Waals surface area contributed by atoms with Crippen molar-refractivity contribution in [3.05, 3.63) is 147 Å². The number of thiocarbonyl (C=S) groups is 10. The van der Waals surface area contributed by atoms with Crippen LogP contribution in [0.5, 0.6) is 0 Å². The monoisotopic (exact) mass is 1460 g/mol. The number of amides is 5. The van der Waals surface area contributed by atoms with Crippen molar-refractivity contribution >= 4 is 230 Å². The predicted molar refractivity (Wildman–Crippen MR) is 410 cm³/mol. The Morgan fingerprint density at radius 2 is 0.568 bits per heavy atom. The molecule has 0 radical (unpaired) electrons.